The van der Waals surface area contributed by atoms with Gasteiger partial charge >= 0.3 is 0 Å². The number of hydrogen-bond donors (Lipinski definition) is 1. The molecule has 3 rings (SSSR count). The van der Waals surface area contributed by atoms with Gasteiger partial charge in [0.05, 0.1) is 0 Å². The van der Waals surface area contributed by atoms with Crippen molar-refractivity contribution in [3.05, 3.63) is 70.8 Å². The molecule has 2 aromatic rings. The van der Waals surface area contributed by atoms with Crippen LogP contribution in [0.1, 0.15) is 35.1 Å². The van der Waals surface area contributed by atoms with Crippen molar-refractivity contribution in [3.63, 3.8) is 0 Å². The average molecular weight is 237 g/mol. The van der Waals surface area contributed by atoms with Crippen LogP contribution in [0.3, 0.4) is 0 Å². The van der Waals surface area contributed by atoms with Gasteiger partial charge in [0, 0.05) is 12.0 Å². The van der Waals surface area contributed by atoms with Gasteiger partial charge in [-0.2, -0.15) is 0 Å². The van der Waals surface area contributed by atoms with Gasteiger partial charge in [-0.3, -0.25) is 0 Å². The summed E-state index contributed by atoms with van der Waals surface area (Å²) in [5.41, 5.74) is 12.0. The highest BCUT2D eigenvalue weighted by Gasteiger charge is 2.25. The van der Waals surface area contributed by atoms with E-state index in [0.29, 0.717) is 5.92 Å². The van der Waals surface area contributed by atoms with E-state index < -0.39 is 0 Å². The molecular weight excluding hydrogens is 218 g/mol. The third kappa shape index (κ3) is 1.85. The Morgan fingerprint density at radius 2 is 1.33 bits per heavy atom. The van der Waals surface area contributed by atoms with Crippen LogP contribution in [-0.4, -0.2) is 6.04 Å². The Hall–Kier alpha value is -1.60. The summed E-state index contributed by atoms with van der Waals surface area (Å²) in [6.07, 6.45) is 2.24. The molecule has 1 aliphatic rings. The van der Waals surface area contributed by atoms with Gasteiger partial charge in [-0.05, 0) is 42.0 Å². The molecule has 1 nitrogen and oxygen atoms in total. The molecule has 0 spiro atoms. The molecule has 0 fully saturated rings. The molecule has 1 heteroatoms. The summed E-state index contributed by atoms with van der Waals surface area (Å²) >= 11 is 0. The first kappa shape index (κ1) is 11.5. The van der Waals surface area contributed by atoms with Gasteiger partial charge in [0.25, 0.3) is 0 Å². The number of nitrogens with two attached hydrogens (primary N) is 1. The number of hydrogen-bond acceptors (Lipinski definition) is 1. The molecule has 0 bridgehead atoms. The lowest BCUT2D eigenvalue weighted by Crippen LogP contribution is -2.26. The van der Waals surface area contributed by atoms with Crippen molar-refractivity contribution in [1.29, 1.82) is 0 Å². The number of aryl methyl sites for hydroxylation is 2. The first-order valence-electron chi connectivity index (χ1n) is 6.68. The quantitative estimate of drug-likeness (QED) is 0.809. The lowest BCUT2D eigenvalue weighted by Gasteiger charge is -2.23. The zero-order chi connectivity index (χ0) is 12.5. The SMILES string of the molecule is CC(N)C1c2ccccc2CCc2ccccc21. The molecule has 2 N–H and O–H groups in total. The van der Waals surface area contributed by atoms with E-state index in [2.05, 4.69) is 55.5 Å². The lowest BCUT2D eigenvalue weighted by atomic mass is 9.84. The van der Waals surface area contributed by atoms with Crippen molar-refractivity contribution < 1.29 is 0 Å². The first-order valence-corrected chi connectivity index (χ1v) is 6.68. The van der Waals surface area contributed by atoms with Crippen LogP contribution in [0, 0.1) is 0 Å². The van der Waals surface area contributed by atoms with E-state index in [4.69, 9.17) is 5.73 Å². The summed E-state index contributed by atoms with van der Waals surface area (Å²) in [6, 6.07) is 17.6. The Balaban J connectivity index is 2.21. The maximum atomic E-state index is 6.27. The Morgan fingerprint density at radius 3 is 1.78 bits per heavy atom. The molecule has 1 atom stereocenters. The molecule has 0 saturated heterocycles. The topological polar surface area (TPSA) is 26.0 Å². The second-order valence-electron chi connectivity index (χ2n) is 5.23. The van der Waals surface area contributed by atoms with E-state index in [1.165, 1.54) is 22.3 Å². The van der Waals surface area contributed by atoms with Gasteiger partial charge in [0.15, 0.2) is 0 Å². The third-order valence-electron chi connectivity index (χ3n) is 3.97. The Morgan fingerprint density at radius 1 is 0.889 bits per heavy atom. The molecule has 0 radical (unpaired) electrons. The predicted octanol–water partition coefficient (Wildman–Crippen LogP) is 3.26. The second-order valence-corrected chi connectivity index (χ2v) is 5.23. The standard InChI is InChI=1S/C17H19N/c1-12(18)17-15-8-4-2-6-13(15)10-11-14-7-3-5-9-16(14)17/h2-9,12,17H,10-11,18H2,1H3. The van der Waals surface area contributed by atoms with Crippen molar-refractivity contribution in [2.45, 2.75) is 31.7 Å². The minimum atomic E-state index is 0.144. The van der Waals surface area contributed by atoms with Crippen molar-refractivity contribution in [2.24, 2.45) is 5.73 Å². The van der Waals surface area contributed by atoms with E-state index in [1.54, 1.807) is 0 Å². The van der Waals surface area contributed by atoms with E-state index >= 15 is 0 Å². The summed E-state index contributed by atoms with van der Waals surface area (Å²) < 4.78 is 0. The third-order valence-corrected chi connectivity index (χ3v) is 3.97. The zero-order valence-electron chi connectivity index (χ0n) is 10.8. The Bertz CT molecular complexity index is 510. The molecule has 0 heterocycles. The molecule has 18 heavy (non-hydrogen) atoms. The number of fused-ring (bicyclic) bond motifs is 2. The summed E-state index contributed by atoms with van der Waals surface area (Å²) in [7, 11) is 0. The van der Waals surface area contributed by atoms with Crippen molar-refractivity contribution in [3.8, 4) is 0 Å². The molecule has 0 aromatic heterocycles. The van der Waals surface area contributed by atoms with Crippen LogP contribution >= 0.6 is 0 Å². The fourth-order valence-corrected chi connectivity index (χ4v) is 3.13. The second kappa shape index (κ2) is 4.58. The minimum absolute atomic E-state index is 0.144. The van der Waals surface area contributed by atoms with Gasteiger partial charge in [-0.25, -0.2) is 0 Å². The predicted molar refractivity (Wildman–Crippen MR) is 75.8 cm³/mol. The minimum Gasteiger partial charge on any atom is -0.327 e. The summed E-state index contributed by atoms with van der Waals surface area (Å²) in [5, 5.41) is 0. The van der Waals surface area contributed by atoms with Crippen LogP contribution < -0.4 is 5.73 Å². The summed E-state index contributed by atoms with van der Waals surface area (Å²) in [5.74, 6) is 0.333. The monoisotopic (exact) mass is 237 g/mol. The van der Waals surface area contributed by atoms with Crippen molar-refractivity contribution >= 4 is 0 Å². The summed E-state index contributed by atoms with van der Waals surface area (Å²) in [4.78, 5) is 0. The molecule has 2 aromatic carbocycles. The van der Waals surface area contributed by atoms with E-state index in [9.17, 15) is 0 Å². The van der Waals surface area contributed by atoms with Crippen LogP contribution in [0.5, 0.6) is 0 Å². The van der Waals surface area contributed by atoms with Crippen LogP contribution in [0.4, 0.5) is 0 Å². The fourth-order valence-electron chi connectivity index (χ4n) is 3.13. The number of benzene rings is 2. The molecule has 1 aliphatic carbocycles. The Kier molecular flexibility index (Phi) is 2.92. The fraction of sp³-hybridized carbons (Fsp3) is 0.294. The summed E-state index contributed by atoms with van der Waals surface area (Å²) in [6.45, 7) is 2.11. The molecule has 0 aliphatic heterocycles. The van der Waals surface area contributed by atoms with Gasteiger partial charge in [-0.1, -0.05) is 48.5 Å². The molecule has 0 saturated carbocycles. The first-order chi connectivity index (χ1) is 8.77. The molecule has 1 unspecified atom stereocenters. The largest absolute Gasteiger partial charge is 0.327 e. The lowest BCUT2D eigenvalue weighted by molar-refractivity contribution is 0.642. The van der Waals surface area contributed by atoms with E-state index in [1.807, 2.05) is 0 Å². The zero-order valence-corrected chi connectivity index (χ0v) is 10.8. The maximum Gasteiger partial charge on any atom is 0.0244 e. The Labute approximate surface area is 109 Å². The highest BCUT2D eigenvalue weighted by atomic mass is 14.6. The number of rotatable bonds is 1. The van der Waals surface area contributed by atoms with E-state index in [-0.39, 0.29) is 6.04 Å². The van der Waals surface area contributed by atoms with Crippen molar-refractivity contribution in [2.75, 3.05) is 0 Å². The van der Waals surface area contributed by atoms with E-state index in [0.717, 1.165) is 12.8 Å². The average Bonchev–Trinajstić information content (AvgIpc) is 2.55. The normalized spacial score (nSPS) is 16.6. The molecule has 92 valence electrons. The highest BCUT2D eigenvalue weighted by Crippen LogP contribution is 2.35. The van der Waals surface area contributed by atoms with Crippen LogP contribution in [0.15, 0.2) is 48.5 Å². The van der Waals surface area contributed by atoms with Crippen LogP contribution in [0.2, 0.25) is 0 Å². The van der Waals surface area contributed by atoms with Crippen LogP contribution in [0.25, 0.3) is 0 Å². The molecule has 0 amide bonds. The van der Waals surface area contributed by atoms with Gasteiger partial charge in [0.2, 0.25) is 0 Å². The van der Waals surface area contributed by atoms with Crippen LogP contribution in [-0.2, 0) is 12.8 Å². The highest BCUT2D eigenvalue weighted by molar-refractivity contribution is 5.45. The smallest absolute Gasteiger partial charge is 0.0244 e. The van der Waals surface area contributed by atoms with Gasteiger partial charge in [0.1, 0.15) is 0 Å². The van der Waals surface area contributed by atoms with Gasteiger partial charge in [-0.15, -0.1) is 0 Å². The van der Waals surface area contributed by atoms with Crippen molar-refractivity contribution in [1.82, 2.24) is 0 Å². The maximum absolute atomic E-state index is 6.27. The van der Waals surface area contributed by atoms with Gasteiger partial charge < -0.3 is 5.73 Å². The molecular formula is C17H19N.